The van der Waals surface area contributed by atoms with Crippen molar-refractivity contribution in [2.24, 2.45) is 0 Å². The Balaban J connectivity index is 2.09. The highest BCUT2D eigenvalue weighted by atomic mass is 16.5. The Bertz CT molecular complexity index is 761. The topological polar surface area (TPSA) is 34.4 Å². The van der Waals surface area contributed by atoms with Crippen LogP contribution >= 0.6 is 0 Å². The first-order valence-electron chi connectivity index (χ1n) is 7.03. The zero-order valence-electron chi connectivity index (χ0n) is 12.5. The molecule has 0 radical (unpaired) electrons. The van der Waals surface area contributed by atoms with E-state index in [2.05, 4.69) is 36.5 Å². The number of aryl methyl sites for hydroxylation is 1. The van der Waals surface area contributed by atoms with E-state index in [-0.39, 0.29) is 6.04 Å². The van der Waals surface area contributed by atoms with Gasteiger partial charge in [0.15, 0.2) is 0 Å². The lowest BCUT2D eigenvalue weighted by Gasteiger charge is -2.17. The maximum Gasteiger partial charge on any atom is 0.134 e. The van der Waals surface area contributed by atoms with Crippen molar-refractivity contribution >= 4 is 11.0 Å². The van der Waals surface area contributed by atoms with Gasteiger partial charge in [-0.2, -0.15) is 0 Å². The Labute approximate surface area is 124 Å². The number of hydrogen-bond acceptors (Lipinski definition) is 3. The Kier molecular flexibility index (Phi) is 3.67. The van der Waals surface area contributed by atoms with Crippen LogP contribution in [0, 0.1) is 6.92 Å². The monoisotopic (exact) mass is 281 g/mol. The molecule has 1 atom stereocenters. The van der Waals surface area contributed by atoms with Gasteiger partial charge in [0.25, 0.3) is 0 Å². The lowest BCUT2D eigenvalue weighted by atomic mass is 10.0. The third-order valence-electron chi connectivity index (χ3n) is 3.71. The molecule has 0 fully saturated rings. The van der Waals surface area contributed by atoms with Crippen LogP contribution in [0.3, 0.4) is 0 Å². The summed E-state index contributed by atoms with van der Waals surface area (Å²) in [5.74, 6) is 1.75. The minimum absolute atomic E-state index is 0.0335. The van der Waals surface area contributed by atoms with E-state index in [4.69, 9.17) is 9.15 Å². The second kappa shape index (κ2) is 5.62. The number of furan rings is 1. The molecule has 0 saturated heterocycles. The van der Waals surface area contributed by atoms with Crippen molar-refractivity contribution in [2.45, 2.75) is 13.0 Å². The minimum Gasteiger partial charge on any atom is -0.496 e. The van der Waals surface area contributed by atoms with Crippen molar-refractivity contribution in [1.82, 2.24) is 5.32 Å². The number of para-hydroxylation sites is 1. The molecule has 3 aromatic rings. The molecule has 1 unspecified atom stereocenters. The summed E-state index contributed by atoms with van der Waals surface area (Å²) in [5, 5.41) is 4.44. The summed E-state index contributed by atoms with van der Waals surface area (Å²) in [6.45, 7) is 2.09. The molecule has 3 heteroatoms. The normalized spacial score (nSPS) is 12.5. The van der Waals surface area contributed by atoms with Crippen LogP contribution in [0.4, 0.5) is 0 Å². The number of rotatable bonds is 4. The lowest BCUT2D eigenvalue weighted by molar-refractivity contribution is 0.399. The second-order valence-electron chi connectivity index (χ2n) is 5.15. The molecule has 1 heterocycles. The van der Waals surface area contributed by atoms with E-state index < -0.39 is 0 Å². The summed E-state index contributed by atoms with van der Waals surface area (Å²) in [7, 11) is 3.61. The fourth-order valence-electron chi connectivity index (χ4n) is 2.68. The lowest BCUT2D eigenvalue weighted by Crippen LogP contribution is -2.17. The molecule has 1 aromatic heterocycles. The van der Waals surface area contributed by atoms with Gasteiger partial charge in [-0.05, 0) is 38.2 Å². The van der Waals surface area contributed by atoms with E-state index in [0.717, 1.165) is 28.0 Å². The van der Waals surface area contributed by atoms with Crippen molar-refractivity contribution in [3.63, 3.8) is 0 Å². The van der Waals surface area contributed by atoms with Gasteiger partial charge in [0.1, 0.15) is 17.1 Å². The van der Waals surface area contributed by atoms with Crippen LogP contribution in [0.2, 0.25) is 0 Å². The molecule has 3 nitrogen and oxygen atoms in total. The number of ether oxygens (including phenoxy) is 1. The Hall–Kier alpha value is -2.26. The maximum absolute atomic E-state index is 6.01. The summed E-state index contributed by atoms with van der Waals surface area (Å²) in [6.07, 6.45) is 0. The molecule has 0 bridgehead atoms. The van der Waals surface area contributed by atoms with E-state index >= 15 is 0 Å². The van der Waals surface area contributed by atoms with Crippen LogP contribution < -0.4 is 10.1 Å². The fraction of sp³-hybridized carbons (Fsp3) is 0.222. The van der Waals surface area contributed by atoms with Crippen molar-refractivity contribution < 1.29 is 9.15 Å². The van der Waals surface area contributed by atoms with Gasteiger partial charge >= 0.3 is 0 Å². The van der Waals surface area contributed by atoms with Crippen LogP contribution in [0.15, 0.2) is 52.9 Å². The van der Waals surface area contributed by atoms with E-state index in [0.29, 0.717) is 0 Å². The molecule has 0 amide bonds. The quantitative estimate of drug-likeness (QED) is 0.783. The van der Waals surface area contributed by atoms with Crippen LogP contribution in [0.1, 0.15) is 22.9 Å². The van der Waals surface area contributed by atoms with E-state index in [1.165, 1.54) is 5.56 Å². The van der Waals surface area contributed by atoms with Gasteiger partial charge in [-0.25, -0.2) is 0 Å². The number of benzene rings is 2. The molecule has 108 valence electrons. The predicted molar refractivity (Wildman–Crippen MR) is 84.8 cm³/mol. The van der Waals surface area contributed by atoms with Crippen LogP contribution in [-0.2, 0) is 0 Å². The number of nitrogens with one attached hydrogen (secondary N) is 1. The summed E-state index contributed by atoms with van der Waals surface area (Å²) in [4.78, 5) is 0. The molecule has 1 N–H and O–H groups in total. The van der Waals surface area contributed by atoms with E-state index in [9.17, 15) is 0 Å². The van der Waals surface area contributed by atoms with Crippen molar-refractivity contribution in [2.75, 3.05) is 14.2 Å². The van der Waals surface area contributed by atoms with Crippen molar-refractivity contribution in [3.8, 4) is 5.75 Å². The highest BCUT2D eigenvalue weighted by Gasteiger charge is 2.20. The van der Waals surface area contributed by atoms with E-state index in [1.54, 1.807) is 7.11 Å². The summed E-state index contributed by atoms with van der Waals surface area (Å²) in [5.41, 5.74) is 3.21. The molecule has 0 aliphatic rings. The van der Waals surface area contributed by atoms with Crippen LogP contribution in [0.5, 0.6) is 5.75 Å². The molecule has 0 saturated carbocycles. The molecule has 0 aliphatic carbocycles. The second-order valence-corrected chi connectivity index (χ2v) is 5.15. The summed E-state index contributed by atoms with van der Waals surface area (Å²) in [6, 6.07) is 16.3. The van der Waals surface area contributed by atoms with Gasteiger partial charge in [-0.15, -0.1) is 0 Å². The molecular formula is C18H19NO2. The third-order valence-corrected chi connectivity index (χ3v) is 3.71. The Morgan fingerprint density at radius 1 is 1.10 bits per heavy atom. The summed E-state index contributed by atoms with van der Waals surface area (Å²) >= 11 is 0. The van der Waals surface area contributed by atoms with Gasteiger partial charge in [0.05, 0.1) is 13.2 Å². The largest absolute Gasteiger partial charge is 0.496 e. The number of methoxy groups -OCH3 is 1. The molecule has 21 heavy (non-hydrogen) atoms. The molecule has 0 spiro atoms. The van der Waals surface area contributed by atoms with Gasteiger partial charge in [0, 0.05) is 10.9 Å². The summed E-state index contributed by atoms with van der Waals surface area (Å²) < 4.78 is 11.5. The first-order valence-corrected chi connectivity index (χ1v) is 7.03. The highest BCUT2D eigenvalue weighted by molar-refractivity contribution is 5.79. The van der Waals surface area contributed by atoms with Gasteiger partial charge < -0.3 is 14.5 Å². The van der Waals surface area contributed by atoms with Crippen molar-refractivity contribution in [3.05, 3.63) is 65.4 Å². The van der Waals surface area contributed by atoms with Crippen molar-refractivity contribution in [1.29, 1.82) is 0 Å². The van der Waals surface area contributed by atoms with Gasteiger partial charge in [0.2, 0.25) is 0 Å². The van der Waals surface area contributed by atoms with Gasteiger partial charge in [-0.1, -0.05) is 29.8 Å². The zero-order valence-corrected chi connectivity index (χ0v) is 12.5. The van der Waals surface area contributed by atoms with Crippen LogP contribution in [-0.4, -0.2) is 14.2 Å². The smallest absolute Gasteiger partial charge is 0.134 e. The zero-order chi connectivity index (χ0) is 14.8. The average molecular weight is 281 g/mol. The van der Waals surface area contributed by atoms with E-state index in [1.807, 2.05) is 31.3 Å². The fourth-order valence-corrected chi connectivity index (χ4v) is 2.68. The SMILES string of the molecule is CNC(c1cc2cc(C)ccc2o1)c1ccccc1OC. The molecule has 3 rings (SSSR count). The highest BCUT2D eigenvalue weighted by Crippen LogP contribution is 2.33. The molecule has 0 aliphatic heterocycles. The predicted octanol–water partition coefficient (Wildman–Crippen LogP) is 4.06. The number of fused-ring (bicyclic) bond motifs is 1. The molecular weight excluding hydrogens is 262 g/mol. The minimum atomic E-state index is -0.0335. The maximum atomic E-state index is 6.01. The first kappa shape index (κ1) is 13.7. The Morgan fingerprint density at radius 2 is 1.90 bits per heavy atom. The third kappa shape index (κ3) is 2.52. The Morgan fingerprint density at radius 3 is 2.67 bits per heavy atom. The standard InChI is InChI=1S/C18H19NO2/c1-12-8-9-15-13(10-12)11-17(21-15)18(19-2)14-6-4-5-7-16(14)20-3/h4-11,18-19H,1-3H3. The molecule has 2 aromatic carbocycles. The number of hydrogen-bond donors (Lipinski definition) is 1. The van der Waals surface area contributed by atoms with Gasteiger partial charge in [-0.3, -0.25) is 0 Å². The first-order chi connectivity index (χ1) is 10.2. The average Bonchev–Trinajstić information content (AvgIpc) is 2.91. The van der Waals surface area contributed by atoms with Crippen LogP contribution in [0.25, 0.3) is 11.0 Å².